The van der Waals surface area contributed by atoms with E-state index >= 15 is 0 Å². The number of nitrogens with one attached hydrogen (secondary N) is 1. The van der Waals surface area contributed by atoms with Gasteiger partial charge < -0.3 is 15.0 Å². The first kappa shape index (κ1) is 17.1. The molecule has 0 bridgehead atoms. The lowest BCUT2D eigenvalue weighted by molar-refractivity contribution is 0.0984. The molecule has 0 fully saturated rings. The molecule has 1 aliphatic rings. The first-order valence-corrected chi connectivity index (χ1v) is 9.82. The smallest absolute Gasteiger partial charge is 0.274 e. The summed E-state index contributed by atoms with van der Waals surface area (Å²) < 4.78 is 0. The van der Waals surface area contributed by atoms with Gasteiger partial charge in [-0.1, -0.05) is 35.9 Å². The zero-order valence-corrected chi connectivity index (χ0v) is 16.1. The van der Waals surface area contributed by atoms with E-state index in [0.717, 1.165) is 38.5 Å². The van der Waals surface area contributed by atoms with Crippen molar-refractivity contribution in [1.29, 1.82) is 0 Å². The fraction of sp³-hybridized carbons (Fsp3) is 0.174. The highest BCUT2D eigenvalue weighted by Crippen LogP contribution is 2.45. The Morgan fingerprint density at radius 1 is 1.18 bits per heavy atom. The Morgan fingerprint density at radius 2 is 1.96 bits per heavy atom. The maximum absolute atomic E-state index is 13.3. The van der Waals surface area contributed by atoms with E-state index in [1.54, 1.807) is 11.0 Å². The van der Waals surface area contributed by atoms with Gasteiger partial charge in [0.15, 0.2) is 0 Å². The third kappa shape index (κ3) is 2.49. The SMILES string of the molecule is Cc1ccc2[nH]c(C(=O)N3C[C@@H](CCl)c4c3cc(O)c3ccccc43)cc2c1. The van der Waals surface area contributed by atoms with Crippen molar-refractivity contribution in [2.45, 2.75) is 12.8 Å². The first-order valence-electron chi connectivity index (χ1n) is 9.28. The zero-order chi connectivity index (χ0) is 19.4. The molecule has 1 atom stereocenters. The number of carbonyl (C=O) groups excluding carboxylic acids is 1. The van der Waals surface area contributed by atoms with E-state index in [9.17, 15) is 9.90 Å². The second-order valence-electron chi connectivity index (χ2n) is 7.41. The van der Waals surface area contributed by atoms with Crippen molar-refractivity contribution in [1.82, 2.24) is 4.98 Å². The van der Waals surface area contributed by atoms with Crippen LogP contribution in [0.15, 0.2) is 54.6 Å². The van der Waals surface area contributed by atoms with Crippen molar-refractivity contribution in [3.8, 4) is 5.75 Å². The van der Waals surface area contributed by atoms with Crippen LogP contribution in [-0.2, 0) is 0 Å². The highest BCUT2D eigenvalue weighted by atomic mass is 35.5. The van der Waals surface area contributed by atoms with Crippen LogP contribution in [0.25, 0.3) is 21.7 Å². The Bertz CT molecular complexity index is 1240. The van der Waals surface area contributed by atoms with Crippen LogP contribution in [0.2, 0.25) is 0 Å². The Morgan fingerprint density at radius 3 is 2.75 bits per heavy atom. The van der Waals surface area contributed by atoms with E-state index < -0.39 is 0 Å². The van der Waals surface area contributed by atoms with Crippen LogP contribution in [0.5, 0.6) is 5.75 Å². The molecule has 0 spiro atoms. The van der Waals surface area contributed by atoms with Gasteiger partial charge in [0.05, 0.1) is 5.69 Å². The second-order valence-corrected chi connectivity index (χ2v) is 7.72. The molecule has 1 aromatic heterocycles. The van der Waals surface area contributed by atoms with Crippen LogP contribution in [0, 0.1) is 6.92 Å². The highest BCUT2D eigenvalue weighted by Gasteiger charge is 2.35. The molecule has 140 valence electrons. The van der Waals surface area contributed by atoms with E-state index in [0.29, 0.717) is 18.1 Å². The topological polar surface area (TPSA) is 56.3 Å². The molecule has 4 aromatic rings. The zero-order valence-electron chi connectivity index (χ0n) is 15.4. The molecule has 0 saturated heterocycles. The molecule has 2 heterocycles. The second kappa shape index (κ2) is 6.28. The van der Waals surface area contributed by atoms with Crippen LogP contribution >= 0.6 is 11.6 Å². The lowest BCUT2D eigenvalue weighted by Gasteiger charge is -2.17. The van der Waals surface area contributed by atoms with Crippen molar-refractivity contribution < 1.29 is 9.90 Å². The number of halogens is 1. The van der Waals surface area contributed by atoms with Crippen LogP contribution in [0.4, 0.5) is 5.69 Å². The maximum Gasteiger partial charge on any atom is 0.274 e. The molecule has 4 nitrogen and oxygen atoms in total. The van der Waals surface area contributed by atoms with Gasteiger partial charge in [0.25, 0.3) is 5.91 Å². The highest BCUT2D eigenvalue weighted by molar-refractivity contribution is 6.19. The number of anilines is 1. The number of alkyl halides is 1. The van der Waals surface area contributed by atoms with E-state index in [4.69, 9.17) is 11.6 Å². The van der Waals surface area contributed by atoms with Gasteiger partial charge in [-0.2, -0.15) is 0 Å². The van der Waals surface area contributed by atoms with Gasteiger partial charge in [0.2, 0.25) is 0 Å². The number of aromatic nitrogens is 1. The Labute approximate surface area is 167 Å². The summed E-state index contributed by atoms with van der Waals surface area (Å²) in [7, 11) is 0. The molecule has 0 radical (unpaired) electrons. The molecule has 1 aliphatic heterocycles. The summed E-state index contributed by atoms with van der Waals surface area (Å²) in [5.74, 6) is 0.502. The average Bonchev–Trinajstić information content (AvgIpc) is 3.28. The summed E-state index contributed by atoms with van der Waals surface area (Å²) in [5.41, 5.74) is 4.39. The monoisotopic (exact) mass is 390 g/mol. The standard InChI is InChI=1S/C23H19ClN2O2/c1-13-6-7-18-14(8-13)9-19(25-18)23(28)26-12-15(11-24)22-17-5-3-2-4-16(17)21(27)10-20(22)26/h2-10,15,25,27H,11-12H2,1H3/t15-/m1/s1. The van der Waals surface area contributed by atoms with E-state index in [1.165, 1.54) is 0 Å². The van der Waals surface area contributed by atoms with Gasteiger partial charge in [-0.05, 0) is 36.1 Å². The minimum atomic E-state index is -0.114. The van der Waals surface area contributed by atoms with Gasteiger partial charge in [-0.3, -0.25) is 4.79 Å². The molecule has 5 rings (SSSR count). The number of aromatic hydroxyl groups is 1. The number of phenolic OH excluding ortho intramolecular Hbond substituents is 1. The number of H-pyrrole nitrogens is 1. The number of fused-ring (bicyclic) bond motifs is 4. The molecule has 2 N–H and O–H groups in total. The average molecular weight is 391 g/mol. The minimum absolute atomic E-state index is 0.0257. The van der Waals surface area contributed by atoms with E-state index in [2.05, 4.69) is 11.1 Å². The lowest BCUT2D eigenvalue weighted by Crippen LogP contribution is -2.30. The number of benzene rings is 3. The summed E-state index contributed by atoms with van der Waals surface area (Å²) in [6, 6.07) is 17.3. The number of aromatic amines is 1. The maximum atomic E-state index is 13.3. The van der Waals surface area contributed by atoms with Gasteiger partial charge in [0.1, 0.15) is 11.4 Å². The van der Waals surface area contributed by atoms with Gasteiger partial charge in [-0.25, -0.2) is 0 Å². The predicted octanol–water partition coefficient (Wildman–Crippen LogP) is 5.32. The number of amides is 1. The quantitative estimate of drug-likeness (QED) is 0.455. The molecular weight excluding hydrogens is 372 g/mol. The van der Waals surface area contributed by atoms with Crippen molar-refractivity contribution in [3.63, 3.8) is 0 Å². The molecule has 0 aliphatic carbocycles. The number of hydrogen-bond acceptors (Lipinski definition) is 2. The van der Waals surface area contributed by atoms with Crippen LogP contribution in [0.1, 0.15) is 27.5 Å². The Kier molecular flexibility index (Phi) is 3.84. The number of carbonyl (C=O) groups is 1. The molecule has 5 heteroatoms. The molecule has 28 heavy (non-hydrogen) atoms. The molecule has 0 unspecified atom stereocenters. The normalized spacial score (nSPS) is 16.1. The number of rotatable bonds is 2. The molecule has 0 saturated carbocycles. The predicted molar refractivity (Wildman–Crippen MR) is 114 cm³/mol. The lowest BCUT2D eigenvalue weighted by atomic mass is 9.95. The van der Waals surface area contributed by atoms with Crippen molar-refractivity contribution >= 4 is 44.9 Å². The number of aryl methyl sites for hydroxylation is 1. The third-order valence-corrected chi connectivity index (χ3v) is 5.96. The summed E-state index contributed by atoms with van der Waals surface area (Å²) >= 11 is 6.27. The summed E-state index contributed by atoms with van der Waals surface area (Å²) in [6.07, 6.45) is 0. The van der Waals surface area contributed by atoms with Gasteiger partial charge >= 0.3 is 0 Å². The molecular formula is C23H19ClN2O2. The first-order chi connectivity index (χ1) is 13.6. The van der Waals surface area contributed by atoms with Crippen LogP contribution in [-0.4, -0.2) is 28.4 Å². The fourth-order valence-corrected chi connectivity index (χ4v) is 4.51. The number of nitrogens with zero attached hydrogens (tertiary/aromatic N) is 1. The summed E-state index contributed by atoms with van der Waals surface area (Å²) in [5, 5.41) is 13.3. The number of phenols is 1. The Hall–Kier alpha value is -2.98. The molecule has 1 amide bonds. The van der Waals surface area contributed by atoms with Crippen LogP contribution in [0.3, 0.4) is 0 Å². The summed E-state index contributed by atoms with van der Waals surface area (Å²) in [4.78, 5) is 18.3. The van der Waals surface area contributed by atoms with E-state index in [1.807, 2.05) is 49.4 Å². The third-order valence-electron chi connectivity index (χ3n) is 5.58. The summed E-state index contributed by atoms with van der Waals surface area (Å²) in [6.45, 7) is 2.53. The van der Waals surface area contributed by atoms with Crippen molar-refractivity contribution in [2.24, 2.45) is 0 Å². The van der Waals surface area contributed by atoms with Gasteiger partial charge in [-0.15, -0.1) is 11.6 Å². The molecule has 3 aromatic carbocycles. The fourth-order valence-electron chi connectivity index (χ4n) is 4.26. The largest absolute Gasteiger partial charge is 0.507 e. The number of hydrogen-bond donors (Lipinski definition) is 2. The van der Waals surface area contributed by atoms with Gasteiger partial charge in [0, 0.05) is 40.7 Å². The van der Waals surface area contributed by atoms with Crippen molar-refractivity contribution in [3.05, 3.63) is 71.4 Å². The Balaban J connectivity index is 1.65. The van der Waals surface area contributed by atoms with Crippen LogP contribution < -0.4 is 4.90 Å². The minimum Gasteiger partial charge on any atom is -0.507 e. The van der Waals surface area contributed by atoms with E-state index in [-0.39, 0.29) is 17.6 Å². The van der Waals surface area contributed by atoms with Crippen molar-refractivity contribution in [2.75, 3.05) is 17.3 Å².